The molecule has 0 N–H and O–H groups in total. The average molecular weight is 198 g/mol. The molecule has 0 bridgehead atoms. The second kappa shape index (κ2) is 2.02. The highest BCUT2D eigenvalue weighted by Crippen LogP contribution is 2.67. The Labute approximate surface area is 78.9 Å². The molecule has 2 fully saturated rings. The van der Waals surface area contributed by atoms with E-state index in [4.69, 9.17) is 0 Å². The van der Waals surface area contributed by atoms with Crippen LogP contribution in [0.3, 0.4) is 0 Å². The zero-order valence-corrected chi connectivity index (χ0v) is 8.44. The molecule has 3 rings (SSSR count). The third-order valence-corrected chi connectivity index (χ3v) is 6.37. The topological polar surface area (TPSA) is 34.1 Å². The van der Waals surface area contributed by atoms with Gasteiger partial charge in [0.05, 0.1) is 11.5 Å². The molecular weight excluding hydrogens is 184 g/mol. The maximum Gasteiger partial charge on any atom is 0.151 e. The van der Waals surface area contributed by atoms with Crippen LogP contribution in [0.2, 0.25) is 0 Å². The molecule has 1 saturated heterocycles. The van der Waals surface area contributed by atoms with Crippen molar-refractivity contribution in [1.82, 2.24) is 0 Å². The standard InChI is InChI=1S/C10H14O2S/c11-13(12)7-9-3-1-2-4-10(9,8-13)6-5-9/h1-2H,3-8H2/t9-,10-/m0/s1. The van der Waals surface area contributed by atoms with Crippen molar-refractivity contribution in [2.45, 2.75) is 25.7 Å². The first-order chi connectivity index (χ1) is 6.08. The molecule has 72 valence electrons. The van der Waals surface area contributed by atoms with Gasteiger partial charge in [-0.25, -0.2) is 8.42 Å². The van der Waals surface area contributed by atoms with E-state index in [0.717, 1.165) is 25.7 Å². The third kappa shape index (κ3) is 0.815. The second-order valence-corrected chi connectivity index (χ2v) is 7.04. The smallest absolute Gasteiger partial charge is 0.151 e. The summed E-state index contributed by atoms with van der Waals surface area (Å²) >= 11 is 0. The van der Waals surface area contributed by atoms with Crippen LogP contribution in [0.1, 0.15) is 25.7 Å². The molecule has 2 atom stereocenters. The number of sulfone groups is 1. The predicted octanol–water partition coefficient (Wildman–Crippen LogP) is 1.53. The average Bonchev–Trinajstić information content (AvgIpc) is 2.21. The van der Waals surface area contributed by atoms with Crippen LogP contribution in [0, 0.1) is 10.8 Å². The lowest BCUT2D eigenvalue weighted by atomic mass is 9.47. The van der Waals surface area contributed by atoms with Gasteiger partial charge in [-0.15, -0.1) is 0 Å². The summed E-state index contributed by atoms with van der Waals surface area (Å²) in [5, 5.41) is 0. The molecule has 0 aromatic carbocycles. The Hall–Kier alpha value is -0.310. The van der Waals surface area contributed by atoms with Gasteiger partial charge in [-0.1, -0.05) is 12.2 Å². The Bertz CT molecular complexity index is 352. The molecule has 1 saturated carbocycles. The van der Waals surface area contributed by atoms with Gasteiger partial charge in [0.2, 0.25) is 0 Å². The normalized spacial score (nSPS) is 50.8. The van der Waals surface area contributed by atoms with Gasteiger partial charge >= 0.3 is 0 Å². The van der Waals surface area contributed by atoms with E-state index >= 15 is 0 Å². The van der Waals surface area contributed by atoms with Crippen molar-refractivity contribution in [2.75, 3.05) is 11.5 Å². The summed E-state index contributed by atoms with van der Waals surface area (Å²) in [4.78, 5) is 0. The first-order valence-electron chi connectivity index (χ1n) is 4.93. The van der Waals surface area contributed by atoms with Crippen molar-refractivity contribution in [2.24, 2.45) is 10.8 Å². The Morgan fingerprint density at radius 1 is 0.923 bits per heavy atom. The zero-order valence-electron chi connectivity index (χ0n) is 7.62. The van der Waals surface area contributed by atoms with Gasteiger partial charge in [-0.3, -0.25) is 0 Å². The van der Waals surface area contributed by atoms with Crippen molar-refractivity contribution < 1.29 is 8.42 Å². The lowest BCUT2D eigenvalue weighted by molar-refractivity contribution is -0.0325. The maximum atomic E-state index is 11.6. The minimum absolute atomic E-state index is 0.167. The number of rotatable bonds is 0. The van der Waals surface area contributed by atoms with Crippen LogP contribution in [-0.2, 0) is 9.84 Å². The number of hydrogen-bond donors (Lipinski definition) is 0. The molecule has 1 heterocycles. The second-order valence-electron chi connectivity index (χ2n) is 4.97. The van der Waals surface area contributed by atoms with E-state index in [1.54, 1.807) is 0 Å². The van der Waals surface area contributed by atoms with Gasteiger partial charge in [0, 0.05) is 0 Å². The van der Waals surface area contributed by atoms with Crippen LogP contribution >= 0.6 is 0 Å². The van der Waals surface area contributed by atoms with Gasteiger partial charge < -0.3 is 0 Å². The summed E-state index contributed by atoms with van der Waals surface area (Å²) in [6.45, 7) is 0. The van der Waals surface area contributed by atoms with E-state index in [9.17, 15) is 8.42 Å². The van der Waals surface area contributed by atoms with Gasteiger partial charge in [0.25, 0.3) is 0 Å². The Kier molecular flexibility index (Phi) is 1.25. The molecule has 0 aromatic heterocycles. The van der Waals surface area contributed by atoms with E-state index in [1.165, 1.54) is 0 Å². The molecule has 3 aliphatic rings. The van der Waals surface area contributed by atoms with E-state index < -0.39 is 9.84 Å². The highest BCUT2D eigenvalue weighted by molar-refractivity contribution is 7.91. The van der Waals surface area contributed by atoms with Gasteiger partial charge in [0.15, 0.2) is 9.84 Å². The van der Waals surface area contributed by atoms with Crippen LogP contribution in [0.5, 0.6) is 0 Å². The molecule has 0 unspecified atom stereocenters. The molecular formula is C10H14O2S. The fourth-order valence-corrected chi connectivity index (χ4v) is 6.47. The fraction of sp³-hybridized carbons (Fsp3) is 0.800. The van der Waals surface area contributed by atoms with E-state index in [0.29, 0.717) is 11.5 Å². The Morgan fingerprint density at radius 2 is 1.38 bits per heavy atom. The van der Waals surface area contributed by atoms with E-state index in [2.05, 4.69) is 12.2 Å². The third-order valence-electron chi connectivity index (χ3n) is 4.38. The molecule has 2 aliphatic carbocycles. The Morgan fingerprint density at radius 3 is 1.77 bits per heavy atom. The quantitative estimate of drug-likeness (QED) is 0.553. The Balaban J connectivity index is 2.11. The molecule has 0 amide bonds. The van der Waals surface area contributed by atoms with Crippen LogP contribution < -0.4 is 0 Å². The molecule has 0 radical (unpaired) electrons. The zero-order chi connectivity index (χ0) is 9.16. The first-order valence-corrected chi connectivity index (χ1v) is 6.75. The van der Waals surface area contributed by atoms with Gasteiger partial charge in [-0.05, 0) is 36.5 Å². The minimum Gasteiger partial charge on any atom is -0.229 e. The highest BCUT2D eigenvalue weighted by Gasteiger charge is 2.65. The van der Waals surface area contributed by atoms with Crippen LogP contribution in [0.4, 0.5) is 0 Å². The summed E-state index contributed by atoms with van der Waals surface area (Å²) in [6.07, 6.45) is 8.64. The largest absolute Gasteiger partial charge is 0.229 e. The molecule has 3 heteroatoms. The minimum atomic E-state index is -2.72. The van der Waals surface area contributed by atoms with Crippen molar-refractivity contribution in [3.8, 4) is 0 Å². The van der Waals surface area contributed by atoms with Crippen molar-refractivity contribution in [3.05, 3.63) is 12.2 Å². The van der Waals surface area contributed by atoms with Crippen molar-refractivity contribution in [1.29, 1.82) is 0 Å². The lowest BCUT2D eigenvalue weighted by Crippen LogP contribution is -2.51. The lowest BCUT2D eigenvalue weighted by Gasteiger charge is -2.56. The summed E-state index contributed by atoms with van der Waals surface area (Å²) in [6, 6.07) is 0. The number of allylic oxidation sites excluding steroid dienone is 2. The first kappa shape index (κ1) is 8.04. The van der Waals surface area contributed by atoms with E-state index in [-0.39, 0.29) is 10.8 Å². The van der Waals surface area contributed by atoms with Gasteiger partial charge in [-0.2, -0.15) is 0 Å². The van der Waals surface area contributed by atoms with Crippen molar-refractivity contribution in [3.63, 3.8) is 0 Å². The fourth-order valence-electron chi connectivity index (χ4n) is 3.55. The summed E-state index contributed by atoms with van der Waals surface area (Å²) < 4.78 is 23.2. The summed E-state index contributed by atoms with van der Waals surface area (Å²) in [7, 11) is -2.72. The molecule has 2 nitrogen and oxygen atoms in total. The molecule has 0 aromatic rings. The molecule has 13 heavy (non-hydrogen) atoms. The monoisotopic (exact) mass is 198 g/mol. The number of hydrogen-bond acceptors (Lipinski definition) is 2. The SMILES string of the molecule is O=S1(=O)C[C@@]23CC=CC[C@]2(CC3)C1. The van der Waals surface area contributed by atoms with Crippen molar-refractivity contribution >= 4 is 9.84 Å². The van der Waals surface area contributed by atoms with Crippen LogP contribution in [0.25, 0.3) is 0 Å². The van der Waals surface area contributed by atoms with E-state index in [1.807, 2.05) is 0 Å². The summed E-state index contributed by atoms with van der Waals surface area (Å²) in [5.41, 5.74) is 0.334. The van der Waals surface area contributed by atoms with Gasteiger partial charge in [0.1, 0.15) is 0 Å². The molecule has 1 aliphatic heterocycles. The highest BCUT2D eigenvalue weighted by atomic mass is 32.2. The summed E-state index contributed by atoms with van der Waals surface area (Å²) in [5.74, 6) is 0.925. The maximum absolute atomic E-state index is 11.6. The van der Waals surface area contributed by atoms with Crippen LogP contribution in [-0.4, -0.2) is 19.9 Å². The van der Waals surface area contributed by atoms with Crippen LogP contribution in [0.15, 0.2) is 12.2 Å². The molecule has 0 spiro atoms. The predicted molar refractivity (Wildman–Crippen MR) is 51.1 cm³/mol.